The molecule has 0 aliphatic heterocycles. The summed E-state index contributed by atoms with van der Waals surface area (Å²) in [6, 6.07) is 0. The fourth-order valence-corrected chi connectivity index (χ4v) is 1.37. The Morgan fingerprint density at radius 2 is 2.20 bits per heavy atom. The number of hydrogen-bond acceptors (Lipinski definition) is 2. The van der Waals surface area contributed by atoms with Gasteiger partial charge in [-0.1, -0.05) is 13.3 Å². The molecule has 57 valence electrons. The Morgan fingerprint density at radius 1 is 1.60 bits per heavy atom. The van der Waals surface area contributed by atoms with Crippen molar-refractivity contribution < 1.29 is 9.53 Å². The van der Waals surface area contributed by atoms with Gasteiger partial charge in [-0.05, 0) is 19.3 Å². The van der Waals surface area contributed by atoms with Gasteiger partial charge in [0.2, 0.25) is 0 Å². The Bertz CT molecular complexity index is 131. The molecule has 0 unspecified atom stereocenters. The first kappa shape index (κ1) is 7.58. The lowest BCUT2D eigenvalue weighted by molar-refractivity contribution is -0.155. The summed E-state index contributed by atoms with van der Waals surface area (Å²) in [4.78, 5) is 11.1. The Kier molecular flexibility index (Phi) is 1.97. The van der Waals surface area contributed by atoms with Crippen molar-refractivity contribution in [3.05, 3.63) is 6.42 Å². The summed E-state index contributed by atoms with van der Waals surface area (Å²) >= 11 is 0. The van der Waals surface area contributed by atoms with Crippen LogP contribution in [0.4, 0.5) is 0 Å². The van der Waals surface area contributed by atoms with Gasteiger partial charge in [0.1, 0.15) is 0 Å². The summed E-state index contributed by atoms with van der Waals surface area (Å²) < 4.78 is 4.68. The standard InChI is InChI=1S/C8H13O2/c1-3-8(5-4-6-8)7(9)10-2/h3H,4-6H2,1-2H3. The molecule has 0 heterocycles. The zero-order chi connectivity index (χ0) is 7.61. The minimum Gasteiger partial charge on any atom is -0.469 e. The highest BCUT2D eigenvalue weighted by molar-refractivity contribution is 5.79. The first-order valence-electron chi connectivity index (χ1n) is 3.64. The van der Waals surface area contributed by atoms with Crippen molar-refractivity contribution in [2.45, 2.75) is 26.2 Å². The lowest BCUT2D eigenvalue weighted by Crippen LogP contribution is -2.38. The molecular formula is C8H13O2. The Hall–Kier alpha value is -0.530. The molecule has 1 fully saturated rings. The van der Waals surface area contributed by atoms with E-state index in [0.29, 0.717) is 0 Å². The molecule has 1 saturated carbocycles. The van der Waals surface area contributed by atoms with E-state index in [-0.39, 0.29) is 11.4 Å². The van der Waals surface area contributed by atoms with Crippen LogP contribution >= 0.6 is 0 Å². The van der Waals surface area contributed by atoms with Crippen LogP contribution in [0.2, 0.25) is 0 Å². The van der Waals surface area contributed by atoms with Crippen molar-refractivity contribution in [1.29, 1.82) is 0 Å². The number of carbonyl (C=O) groups excluding carboxylic acids is 1. The topological polar surface area (TPSA) is 26.3 Å². The molecule has 1 aliphatic carbocycles. The van der Waals surface area contributed by atoms with Gasteiger partial charge in [-0.2, -0.15) is 0 Å². The zero-order valence-electron chi connectivity index (χ0n) is 6.52. The molecule has 0 saturated heterocycles. The predicted octanol–water partition coefficient (Wildman–Crippen LogP) is 1.55. The summed E-state index contributed by atoms with van der Waals surface area (Å²) in [5.41, 5.74) is -0.214. The quantitative estimate of drug-likeness (QED) is 0.545. The molecule has 1 rings (SSSR count). The van der Waals surface area contributed by atoms with E-state index in [1.165, 1.54) is 7.11 Å². The highest BCUT2D eigenvalue weighted by atomic mass is 16.5. The molecule has 0 aromatic carbocycles. The fraction of sp³-hybridized carbons (Fsp3) is 0.750. The predicted molar refractivity (Wildman–Crippen MR) is 38.3 cm³/mol. The van der Waals surface area contributed by atoms with E-state index < -0.39 is 0 Å². The average Bonchev–Trinajstić information content (AvgIpc) is 1.86. The van der Waals surface area contributed by atoms with Crippen LogP contribution < -0.4 is 0 Å². The maximum absolute atomic E-state index is 11.1. The molecule has 2 nitrogen and oxygen atoms in total. The largest absolute Gasteiger partial charge is 0.469 e. The van der Waals surface area contributed by atoms with Crippen molar-refractivity contribution in [2.75, 3.05) is 7.11 Å². The third-order valence-corrected chi connectivity index (χ3v) is 2.39. The molecule has 0 N–H and O–H groups in total. The average molecular weight is 141 g/mol. The van der Waals surface area contributed by atoms with Crippen molar-refractivity contribution in [3.8, 4) is 0 Å². The SMILES string of the molecule is C[CH]C1(C(=O)OC)CCC1. The Labute approximate surface area is 61.6 Å². The van der Waals surface area contributed by atoms with Crippen LogP contribution in [0, 0.1) is 11.8 Å². The summed E-state index contributed by atoms with van der Waals surface area (Å²) in [6.45, 7) is 1.93. The van der Waals surface area contributed by atoms with Crippen LogP contribution in [0.1, 0.15) is 26.2 Å². The lowest BCUT2D eigenvalue weighted by Gasteiger charge is -2.37. The van der Waals surface area contributed by atoms with Gasteiger partial charge >= 0.3 is 5.97 Å². The maximum Gasteiger partial charge on any atom is 0.312 e. The summed E-state index contributed by atoms with van der Waals surface area (Å²) in [5.74, 6) is -0.0683. The molecular weight excluding hydrogens is 128 g/mol. The van der Waals surface area contributed by atoms with Crippen LogP contribution in [0.25, 0.3) is 0 Å². The second-order valence-electron chi connectivity index (χ2n) is 2.79. The molecule has 1 radical (unpaired) electrons. The molecule has 10 heavy (non-hydrogen) atoms. The van der Waals surface area contributed by atoms with Crippen molar-refractivity contribution in [2.24, 2.45) is 5.41 Å². The van der Waals surface area contributed by atoms with Gasteiger partial charge < -0.3 is 4.74 Å². The van der Waals surface area contributed by atoms with Crippen LogP contribution in [0.3, 0.4) is 0 Å². The Balaban J connectivity index is 2.55. The summed E-state index contributed by atoms with van der Waals surface area (Å²) in [6.07, 6.45) is 5.05. The molecule has 1 aliphatic rings. The van der Waals surface area contributed by atoms with E-state index in [4.69, 9.17) is 0 Å². The van der Waals surface area contributed by atoms with Gasteiger partial charge in [-0.15, -0.1) is 0 Å². The second-order valence-corrected chi connectivity index (χ2v) is 2.79. The zero-order valence-corrected chi connectivity index (χ0v) is 6.52. The molecule has 0 bridgehead atoms. The fourth-order valence-electron chi connectivity index (χ4n) is 1.37. The van der Waals surface area contributed by atoms with Crippen LogP contribution in [-0.4, -0.2) is 13.1 Å². The summed E-state index contributed by atoms with van der Waals surface area (Å²) in [7, 11) is 1.45. The van der Waals surface area contributed by atoms with E-state index in [2.05, 4.69) is 4.74 Å². The number of carbonyl (C=O) groups is 1. The minimum absolute atomic E-state index is 0.0683. The van der Waals surface area contributed by atoms with E-state index in [9.17, 15) is 4.79 Å². The van der Waals surface area contributed by atoms with Crippen molar-refractivity contribution in [3.63, 3.8) is 0 Å². The van der Waals surface area contributed by atoms with E-state index >= 15 is 0 Å². The molecule has 0 amide bonds. The third kappa shape index (κ3) is 0.917. The van der Waals surface area contributed by atoms with Gasteiger partial charge in [-0.3, -0.25) is 4.79 Å². The molecule has 0 aromatic rings. The lowest BCUT2D eigenvalue weighted by atomic mass is 9.67. The van der Waals surface area contributed by atoms with Crippen LogP contribution in [-0.2, 0) is 9.53 Å². The number of methoxy groups -OCH3 is 1. The monoisotopic (exact) mass is 141 g/mol. The van der Waals surface area contributed by atoms with Crippen molar-refractivity contribution in [1.82, 2.24) is 0 Å². The van der Waals surface area contributed by atoms with Gasteiger partial charge in [0.25, 0.3) is 0 Å². The van der Waals surface area contributed by atoms with Gasteiger partial charge in [0, 0.05) is 0 Å². The minimum atomic E-state index is -0.214. The number of ether oxygens (including phenoxy) is 1. The van der Waals surface area contributed by atoms with Gasteiger partial charge in [0.15, 0.2) is 0 Å². The molecule has 2 heteroatoms. The number of hydrogen-bond donors (Lipinski definition) is 0. The maximum atomic E-state index is 11.1. The van der Waals surface area contributed by atoms with Gasteiger partial charge in [0.05, 0.1) is 12.5 Å². The molecule has 0 aromatic heterocycles. The van der Waals surface area contributed by atoms with E-state index in [1.807, 2.05) is 13.3 Å². The van der Waals surface area contributed by atoms with E-state index in [1.54, 1.807) is 0 Å². The van der Waals surface area contributed by atoms with Crippen LogP contribution in [0.5, 0.6) is 0 Å². The first-order valence-corrected chi connectivity index (χ1v) is 3.64. The second kappa shape index (κ2) is 2.60. The highest BCUT2D eigenvalue weighted by Gasteiger charge is 2.43. The normalized spacial score (nSPS) is 21.4. The van der Waals surface area contributed by atoms with Gasteiger partial charge in [-0.25, -0.2) is 0 Å². The molecule has 0 spiro atoms. The third-order valence-electron chi connectivity index (χ3n) is 2.39. The molecule has 0 atom stereocenters. The smallest absolute Gasteiger partial charge is 0.312 e. The first-order chi connectivity index (χ1) is 4.75. The van der Waals surface area contributed by atoms with E-state index in [0.717, 1.165) is 19.3 Å². The number of rotatable bonds is 2. The number of esters is 1. The highest BCUT2D eigenvalue weighted by Crippen LogP contribution is 2.43. The Morgan fingerprint density at radius 3 is 2.30 bits per heavy atom. The van der Waals surface area contributed by atoms with Crippen LogP contribution in [0.15, 0.2) is 0 Å². The van der Waals surface area contributed by atoms with Crippen molar-refractivity contribution >= 4 is 5.97 Å². The summed E-state index contributed by atoms with van der Waals surface area (Å²) in [5, 5.41) is 0.